The van der Waals surface area contributed by atoms with Crippen LogP contribution in [0.3, 0.4) is 0 Å². The molecule has 0 saturated heterocycles. The van der Waals surface area contributed by atoms with Gasteiger partial charge >= 0.3 is 0 Å². The van der Waals surface area contributed by atoms with E-state index in [1.807, 2.05) is 36.5 Å². The summed E-state index contributed by atoms with van der Waals surface area (Å²) >= 11 is 0. The molecule has 24 heavy (non-hydrogen) atoms. The van der Waals surface area contributed by atoms with E-state index in [0.29, 0.717) is 24.2 Å². The number of carbonyl (C=O) groups is 1. The van der Waals surface area contributed by atoms with Gasteiger partial charge in [0.15, 0.2) is 0 Å². The lowest BCUT2D eigenvalue weighted by atomic mass is 10.0. The van der Waals surface area contributed by atoms with Crippen LogP contribution in [0.1, 0.15) is 27.0 Å². The normalized spacial score (nSPS) is 13.4. The summed E-state index contributed by atoms with van der Waals surface area (Å²) in [5.41, 5.74) is 3.85. The van der Waals surface area contributed by atoms with Crippen molar-refractivity contribution in [3.63, 3.8) is 0 Å². The lowest BCUT2D eigenvalue weighted by molar-refractivity contribution is 0.0766. The van der Waals surface area contributed by atoms with Crippen LogP contribution in [0.25, 0.3) is 5.69 Å². The molecule has 4 nitrogen and oxygen atoms in total. The molecule has 2 aromatic carbocycles. The van der Waals surface area contributed by atoms with Crippen molar-refractivity contribution < 1.29 is 9.18 Å². The number of halogens is 1. The number of benzene rings is 2. The van der Waals surface area contributed by atoms with E-state index in [1.165, 1.54) is 6.07 Å². The van der Waals surface area contributed by atoms with Gasteiger partial charge in [-0.1, -0.05) is 18.2 Å². The SMILES string of the molecule is Cc1c(F)ccc2c1C(=O)N(Cc1ccc(-n3cccn3)cc1)C2. The zero-order valence-electron chi connectivity index (χ0n) is 13.2. The van der Waals surface area contributed by atoms with Gasteiger partial charge in [0, 0.05) is 25.5 Å². The summed E-state index contributed by atoms with van der Waals surface area (Å²) in [4.78, 5) is 14.3. The second kappa shape index (κ2) is 5.60. The molecule has 1 aliphatic rings. The molecule has 0 unspecified atom stereocenters. The van der Waals surface area contributed by atoms with Crippen molar-refractivity contribution >= 4 is 5.91 Å². The Labute approximate surface area is 139 Å². The Balaban J connectivity index is 1.55. The van der Waals surface area contributed by atoms with E-state index < -0.39 is 0 Å². The predicted molar refractivity (Wildman–Crippen MR) is 88.3 cm³/mol. The molecular formula is C19H16FN3O. The number of hydrogen-bond donors (Lipinski definition) is 0. The highest BCUT2D eigenvalue weighted by molar-refractivity contribution is 5.99. The van der Waals surface area contributed by atoms with Crippen LogP contribution in [0, 0.1) is 12.7 Å². The van der Waals surface area contributed by atoms with Crippen LogP contribution in [0.2, 0.25) is 0 Å². The third-order valence-electron chi connectivity index (χ3n) is 4.43. The van der Waals surface area contributed by atoms with Gasteiger partial charge in [-0.15, -0.1) is 0 Å². The molecule has 3 aromatic rings. The molecule has 2 heterocycles. The molecule has 4 rings (SSSR count). The lowest BCUT2D eigenvalue weighted by Crippen LogP contribution is -2.23. The summed E-state index contributed by atoms with van der Waals surface area (Å²) in [5, 5.41) is 4.19. The standard InChI is InChI=1S/C19H16FN3O/c1-13-17(20)8-5-15-12-22(19(24)18(13)15)11-14-3-6-16(7-4-14)23-10-2-9-21-23/h2-10H,11-12H2,1H3. The van der Waals surface area contributed by atoms with Gasteiger partial charge in [-0.05, 0) is 47.9 Å². The monoisotopic (exact) mass is 321 g/mol. The smallest absolute Gasteiger partial charge is 0.255 e. The molecule has 0 fully saturated rings. The number of aromatic nitrogens is 2. The minimum absolute atomic E-state index is 0.0989. The first-order chi connectivity index (χ1) is 11.6. The van der Waals surface area contributed by atoms with E-state index in [0.717, 1.165) is 16.8 Å². The van der Waals surface area contributed by atoms with Crippen LogP contribution in [0.15, 0.2) is 54.9 Å². The summed E-state index contributed by atoms with van der Waals surface area (Å²) in [6.07, 6.45) is 3.61. The van der Waals surface area contributed by atoms with Gasteiger partial charge in [-0.2, -0.15) is 5.10 Å². The fourth-order valence-corrected chi connectivity index (χ4v) is 3.13. The zero-order valence-corrected chi connectivity index (χ0v) is 13.2. The fraction of sp³-hybridized carbons (Fsp3) is 0.158. The Bertz CT molecular complexity index is 901. The van der Waals surface area contributed by atoms with Crippen molar-refractivity contribution in [2.75, 3.05) is 0 Å². The topological polar surface area (TPSA) is 38.1 Å². The van der Waals surface area contributed by atoms with E-state index in [-0.39, 0.29) is 11.7 Å². The Morgan fingerprint density at radius 2 is 1.96 bits per heavy atom. The maximum absolute atomic E-state index is 13.7. The Kier molecular flexibility index (Phi) is 3.41. The largest absolute Gasteiger partial charge is 0.330 e. The lowest BCUT2D eigenvalue weighted by Gasteiger charge is -2.16. The summed E-state index contributed by atoms with van der Waals surface area (Å²) in [7, 11) is 0. The number of fused-ring (bicyclic) bond motifs is 1. The van der Waals surface area contributed by atoms with Crippen molar-refractivity contribution in [1.82, 2.24) is 14.7 Å². The first-order valence-corrected chi connectivity index (χ1v) is 7.79. The molecule has 5 heteroatoms. The van der Waals surface area contributed by atoms with E-state index in [2.05, 4.69) is 5.10 Å². The third kappa shape index (κ3) is 2.38. The van der Waals surface area contributed by atoms with Crippen LogP contribution in [0.5, 0.6) is 0 Å². The van der Waals surface area contributed by atoms with Crippen molar-refractivity contribution in [3.8, 4) is 5.69 Å². The minimum atomic E-state index is -0.326. The summed E-state index contributed by atoms with van der Waals surface area (Å²) in [6.45, 7) is 2.69. The third-order valence-corrected chi connectivity index (χ3v) is 4.43. The predicted octanol–water partition coefficient (Wildman–Crippen LogP) is 3.48. The molecule has 1 aromatic heterocycles. The number of carbonyl (C=O) groups excluding carboxylic acids is 1. The first-order valence-electron chi connectivity index (χ1n) is 7.79. The summed E-state index contributed by atoms with van der Waals surface area (Å²) in [5.74, 6) is -0.425. The Morgan fingerprint density at radius 3 is 2.67 bits per heavy atom. The number of amides is 1. The second-order valence-electron chi connectivity index (χ2n) is 5.98. The maximum atomic E-state index is 13.7. The summed E-state index contributed by atoms with van der Waals surface area (Å²) < 4.78 is 15.5. The molecule has 0 spiro atoms. The first kappa shape index (κ1) is 14.6. The highest BCUT2D eigenvalue weighted by Gasteiger charge is 2.29. The molecule has 120 valence electrons. The molecule has 0 radical (unpaired) electrons. The average molecular weight is 321 g/mol. The van der Waals surface area contributed by atoms with E-state index in [1.54, 1.807) is 28.8 Å². The summed E-state index contributed by atoms with van der Waals surface area (Å²) in [6, 6.07) is 12.9. The maximum Gasteiger partial charge on any atom is 0.255 e. The molecule has 0 saturated carbocycles. The van der Waals surface area contributed by atoms with Gasteiger partial charge in [-0.3, -0.25) is 4.79 Å². The molecule has 1 aliphatic heterocycles. The van der Waals surface area contributed by atoms with Crippen molar-refractivity contribution in [1.29, 1.82) is 0 Å². The van der Waals surface area contributed by atoms with Crippen LogP contribution < -0.4 is 0 Å². The van der Waals surface area contributed by atoms with Gasteiger partial charge in [0.05, 0.1) is 11.3 Å². The average Bonchev–Trinajstić information content (AvgIpc) is 3.22. The molecular weight excluding hydrogens is 305 g/mol. The highest BCUT2D eigenvalue weighted by atomic mass is 19.1. The van der Waals surface area contributed by atoms with Crippen molar-refractivity contribution in [2.45, 2.75) is 20.0 Å². The van der Waals surface area contributed by atoms with Gasteiger partial charge < -0.3 is 4.90 Å². The molecule has 1 amide bonds. The van der Waals surface area contributed by atoms with Crippen molar-refractivity contribution in [3.05, 3.63) is 82.9 Å². The minimum Gasteiger partial charge on any atom is -0.330 e. The van der Waals surface area contributed by atoms with Crippen LogP contribution in [0.4, 0.5) is 4.39 Å². The van der Waals surface area contributed by atoms with Crippen LogP contribution in [-0.4, -0.2) is 20.6 Å². The van der Waals surface area contributed by atoms with Gasteiger partial charge in [0.1, 0.15) is 5.82 Å². The number of hydrogen-bond acceptors (Lipinski definition) is 2. The number of nitrogens with zero attached hydrogens (tertiary/aromatic N) is 3. The Morgan fingerprint density at radius 1 is 1.17 bits per heavy atom. The van der Waals surface area contributed by atoms with E-state index in [9.17, 15) is 9.18 Å². The van der Waals surface area contributed by atoms with Gasteiger partial charge in [0.25, 0.3) is 5.91 Å². The highest BCUT2D eigenvalue weighted by Crippen LogP contribution is 2.28. The molecule has 0 atom stereocenters. The Hall–Kier alpha value is -2.95. The van der Waals surface area contributed by atoms with E-state index in [4.69, 9.17) is 0 Å². The quantitative estimate of drug-likeness (QED) is 0.741. The zero-order chi connectivity index (χ0) is 16.7. The van der Waals surface area contributed by atoms with Crippen molar-refractivity contribution in [2.24, 2.45) is 0 Å². The van der Waals surface area contributed by atoms with Gasteiger partial charge in [-0.25, -0.2) is 9.07 Å². The van der Waals surface area contributed by atoms with Gasteiger partial charge in [0.2, 0.25) is 0 Å². The molecule has 0 aliphatic carbocycles. The molecule has 0 N–H and O–H groups in total. The molecule has 0 bridgehead atoms. The number of rotatable bonds is 3. The van der Waals surface area contributed by atoms with Crippen LogP contribution in [-0.2, 0) is 13.1 Å². The fourth-order valence-electron chi connectivity index (χ4n) is 3.13. The second-order valence-corrected chi connectivity index (χ2v) is 5.98. The van der Waals surface area contributed by atoms with E-state index >= 15 is 0 Å². The van der Waals surface area contributed by atoms with Crippen LogP contribution >= 0.6 is 0 Å².